The molecule has 2 N–H and O–H groups in total. The molecule has 1 unspecified atom stereocenters. The number of rotatable bonds is 5. The standard InChI is InChI=1S/C23H22FN3O5/c24-16-3-5-17(6-4-16)25-23(29)27(12-18-2-1-7-30-18)11-15-8-14-9-20-21(32-13-31-20)10-19(14)26-22(15)28/h3-6,8-10,18H,1-2,7,11-13H2,(H,25,29)(H,26,28). The van der Waals surface area contributed by atoms with Crippen molar-refractivity contribution >= 4 is 22.6 Å². The summed E-state index contributed by atoms with van der Waals surface area (Å²) in [5.74, 6) is 0.808. The summed E-state index contributed by atoms with van der Waals surface area (Å²) in [6.07, 6.45) is 1.68. The molecule has 3 aromatic rings. The maximum atomic E-state index is 13.2. The minimum absolute atomic E-state index is 0.0899. The van der Waals surface area contributed by atoms with E-state index >= 15 is 0 Å². The second kappa shape index (κ2) is 8.51. The van der Waals surface area contributed by atoms with Crippen molar-refractivity contribution in [2.24, 2.45) is 0 Å². The summed E-state index contributed by atoms with van der Waals surface area (Å²) in [6.45, 7) is 1.22. The second-order valence-corrected chi connectivity index (χ2v) is 7.87. The van der Waals surface area contributed by atoms with Crippen LogP contribution in [0.3, 0.4) is 0 Å². The molecule has 2 aliphatic rings. The number of pyridine rings is 1. The first-order valence-corrected chi connectivity index (χ1v) is 10.4. The lowest BCUT2D eigenvalue weighted by Gasteiger charge is -2.25. The van der Waals surface area contributed by atoms with E-state index in [-0.39, 0.29) is 30.8 Å². The van der Waals surface area contributed by atoms with E-state index in [1.165, 1.54) is 24.3 Å². The van der Waals surface area contributed by atoms with E-state index in [0.717, 1.165) is 18.2 Å². The number of nitrogens with one attached hydrogen (secondary N) is 2. The van der Waals surface area contributed by atoms with Gasteiger partial charge in [0.15, 0.2) is 11.5 Å². The normalized spacial score (nSPS) is 17.0. The monoisotopic (exact) mass is 439 g/mol. The van der Waals surface area contributed by atoms with Crippen LogP contribution in [0.15, 0.2) is 47.3 Å². The zero-order valence-corrected chi connectivity index (χ0v) is 17.2. The molecule has 8 nitrogen and oxygen atoms in total. The minimum atomic E-state index is -0.391. The third-order valence-electron chi connectivity index (χ3n) is 5.61. The number of hydrogen-bond acceptors (Lipinski definition) is 5. The molecule has 0 radical (unpaired) electrons. The number of ether oxygens (including phenoxy) is 3. The van der Waals surface area contributed by atoms with Gasteiger partial charge in [-0.3, -0.25) is 4.79 Å². The summed E-state index contributed by atoms with van der Waals surface area (Å²) in [5, 5.41) is 3.55. The Kier molecular flexibility index (Phi) is 5.40. The maximum absolute atomic E-state index is 13.2. The molecule has 9 heteroatoms. The van der Waals surface area contributed by atoms with Gasteiger partial charge in [0.05, 0.1) is 18.2 Å². The molecule has 2 amide bonds. The van der Waals surface area contributed by atoms with Crippen LogP contribution >= 0.6 is 0 Å². The van der Waals surface area contributed by atoms with Gasteiger partial charge in [-0.05, 0) is 49.2 Å². The van der Waals surface area contributed by atoms with Crippen molar-refractivity contribution in [1.82, 2.24) is 9.88 Å². The van der Waals surface area contributed by atoms with Crippen LogP contribution in [0.1, 0.15) is 18.4 Å². The zero-order valence-electron chi connectivity index (χ0n) is 17.2. The highest BCUT2D eigenvalue weighted by molar-refractivity contribution is 5.89. The number of benzene rings is 2. The fourth-order valence-corrected chi connectivity index (χ4v) is 3.95. The molecule has 0 aliphatic carbocycles. The molecule has 5 rings (SSSR count). The fraction of sp³-hybridized carbons (Fsp3) is 0.304. The lowest BCUT2D eigenvalue weighted by Crippen LogP contribution is -2.40. The third kappa shape index (κ3) is 4.24. The van der Waals surface area contributed by atoms with Gasteiger partial charge in [-0.2, -0.15) is 0 Å². The van der Waals surface area contributed by atoms with E-state index < -0.39 is 6.03 Å². The number of carbonyl (C=O) groups is 1. The third-order valence-corrected chi connectivity index (χ3v) is 5.61. The summed E-state index contributed by atoms with van der Waals surface area (Å²) in [7, 11) is 0. The summed E-state index contributed by atoms with van der Waals surface area (Å²) in [5.41, 5.74) is 1.24. The van der Waals surface area contributed by atoms with Crippen molar-refractivity contribution in [3.8, 4) is 11.5 Å². The van der Waals surface area contributed by atoms with Crippen molar-refractivity contribution in [2.75, 3.05) is 25.3 Å². The predicted octanol–water partition coefficient (Wildman–Crippen LogP) is 3.61. The molecular formula is C23H22FN3O5. The zero-order chi connectivity index (χ0) is 22.1. The molecule has 3 heterocycles. The Balaban J connectivity index is 1.42. The van der Waals surface area contributed by atoms with E-state index in [4.69, 9.17) is 14.2 Å². The van der Waals surface area contributed by atoms with Crippen LogP contribution in [0.5, 0.6) is 11.5 Å². The highest BCUT2D eigenvalue weighted by Gasteiger charge is 2.24. The molecule has 2 aliphatic heterocycles. The van der Waals surface area contributed by atoms with Gasteiger partial charge < -0.3 is 29.4 Å². The summed E-state index contributed by atoms with van der Waals surface area (Å²) in [6, 6.07) is 10.4. The Labute approximate surface area is 182 Å². The van der Waals surface area contributed by atoms with Crippen LogP contribution in [-0.4, -0.2) is 42.0 Å². The number of urea groups is 1. The first-order valence-electron chi connectivity index (χ1n) is 10.4. The number of fused-ring (bicyclic) bond motifs is 2. The number of carbonyl (C=O) groups excluding carboxylic acids is 1. The largest absolute Gasteiger partial charge is 0.454 e. The lowest BCUT2D eigenvalue weighted by atomic mass is 10.1. The van der Waals surface area contributed by atoms with E-state index in [9.17, 15) is 14.0 Å². The van der Waals surface area contributed by atoms with Gasteiger partial charge in [0.2, 0.25) is 6.79 Å². The maximum Gasteiger partial charge on any atom is 0.322 e. The van der Waals surface area contributed by atoms with Crippen LogP contribution in [-0.2, 0) is 11.3 Å². The highest BCUT2D eigenvalue weighted by Crippen LogP contribution is 2.35. The van der Waals surface area contributed by atoms with Gasteiger partial charge in [-0.25, -0.2) is 9.18 Å². The van der Waals surface area contributed by atoms with Crippen LogP contribution in [0.2, 0.25) is 0 Å². The summed E-state index contributed by atoms with van der Waals surface area (Å²) in [4.78, 5) is 30.2. The van der Waals surface area contributed by atoms with Crippen molar-refractivity contribution in [1.29, 1.82) is 0 Å². The number of halogens is 1. The van der Waals surface area contributed by atoms with Crippen molar-refractivity contribution < 1.29 is 23.4 Å². The van der Waals surface area contributed by atoms with Gasteiger partial charge >= 0.3 is 6.03 Å². The quantitative estimate of drug-likeness (QED) is 0.634. The van der Waals surface area contributed by atoms with Crippen LogP contribution in [0.25, 0.3) is 10.9 Å². The molecule has 1 atom stereocenters. The van der Waals surface area contributed by atoms with Crippen LogP contribution < -0.4 is 20.3 Å². The average molecular weight is 439 g/mol. The molecule has 2 aromatic carbocycles. The van der Waals surface area contributed by atoms with Gasteiger partial charge in [0.25, 0.3) is 5.56 Å². The topological polar surface area (TPSA) is 92.9 Å². The summed E-state index contributed by atoms with van der Waals surface area (Å²) >= 11 is 0. The first kappa shape index (κ1) is 20.3. The van der Waals surface area contributed by atoms with Crippen molar-refractivity contribution in [3.05, 3.63) is 64.2 Å². The van der Waals surface area contributed by atoms with Crippen LogP contribution in [0, 0.1) is 5.82 Å². The lowest BCUT2D eigenvalue weighted by molar-refractivity contribution is 0.0818. The Morgan fingerprint density at radius 2 is 1.94 bits per heavy atom. The average Bonchev–Trinajstić information content (AvgIpc) is 3.45. The number of hydrogen-bond donors (Lipinski definition) is 2. The van der Waals surface area contributed by atoms with Gasteiger partial charge in [0.1, 0.15) is 5.82 Å². The molecule has 32 heavy (non-hydrogen) atoms. The Bertz CT molecular complexity index is 1200. The van der Waals surface area contributed by atoms with Crippen molar-refractivity contribution in [3.63, 3.8) is 0 Å². The fourth-order valence-electron chi connectivity index (χ4n) is 3.95. The molecular weight excluding hydrogens is 417 g/mol. The van der Waals surface area contributed by atoms with Crippen molar-refractivity contribution in [2.45, 2.75) is 25.5 Å². The smallest absolute Gasteiger partial charge is 0.322 e. The highest BCUT2D eigenvalue weighted by atomic mass is 19.1. The SMILES string of the molecule is O=C(Nc1ccc(F)cc1)N(Cc1cc2cc3c(cc2[nH]c1=O)OCO3)CC1CCCO1. The second-order valence-electron chi connectivity index (χ2n) is 7.87. The number of H-pyrrole nitrogens is 1. The van der Waals surface area contributed by atoms with Gasteiger partial charge in [0, 0.05) is 35.9 Å². The Hall–Kier alpha value is -3.59. The molecule has 1 aromatic heterocycles. The number of aromatic amines is 1. The van der Waals surface area contributed by atoms with E-state index in [1.807, 2.05) is 0 Å². The molecule has 0 saturated carbocycles. The number of aromatic nitrogens is 1. The molecule has 0 spiro atoms. The molecule has 1 saturated heterocycles. The van der Waals surface area contributed by atoms with Gasteiger partial charge in [-0.1, -0.05) is 0 Å². The Morgan fingerprint density at radius 3 is 2.69 bits per heavy atom. The van der Waals surface area contributed by atoms with E-state index in [0.29, 0.717) is 41.4 Å². The molecule has 166 valence electrons. The number of anilines is 1. The van der Waals surface area contributed by atoms with E-state index in [1.54, 1.807) is 23.1 Å². The summed E-state index contributed by atoms with van der Waals surface area (Å²) < 4.78 is 29.7. The van der Waals surface area contributed by atoms with Crippen LogP contribution in [0.4, 0.5) is 14.9 Å². The predicted molar refractivity (Wildman–Crippen MR) is 115 cm³/mol. The minimum Gasteiger partial charge on any atom is -0.454 e. The first-order chi connectivity index (χ1) is 15.5. The van der Waals surface area contributed by atoms with E-state index in [2.05, 4.69) is 10.3 Å². The number of amides is 2. The Morgan fingerprint density at radius 1 is 1.16 bits per heavy atom. The molecule has 1 fully saturated rings. The number of nitrogens with zero attached hydrogens (tertiary/aromatic N) is 1. The van der Waals surface area contributed by atoms with Gasteiger partial charge in [-0.15, -0.1) is 0 Å². The molecule has 0 bridgehead atoms.